The van der Waals surface area contributed by atoms with E-state index in [0.29, 0.717) is 29.7 Å². The van der Waals surface area contributed by atoms with Crippen LogP contribution in [0.3, 0.4) is 0 Å². The summed E-state index contributed by atoms with van der Waals surface area (Å²) in [5, 5.41) is 14.0. The first kappa shape index (κ1) is 43.9. The highest BCUT2D eigenvalue weighted by atomic mass is 35.5. The Bertz CT molecular complexity index is 1850. The molecular weight excluding hydrogens is 803 g/mol. The van der Waals surface area contributed by atoms with E-state index in [9.17, 15) is 14.4 Å². The van der Waals surface area contributed by atoms with Gasteiger partial charge >= 0.3 is 18.1 Å². The van der Waals surface area contributed by atoms with E-state index in [1.165, 1.54) is 37.7 Å². The van der Waals surface area contributed by atoms with Gasteiger partial charge in [0.15, 0.2) is 0 Å². The summed E-state index contributed by atoms with van der Waals surface area (Å²) in [5.74, 6) is 0.764. The molecule has 4 N–H and O–H groups in total. The third kappa shape index (κ3) is 11.8. The Kier molecular flexibility index (Phi) is 15.4. The van der Waals surface area contributed by atoms with Gasteiger partial charge in [0.25, 0.3) is 0 Å². The number of carbonyl (C=O) groups excluding carboxylic acids is 3. The van der Waals surface area contributed by atoms with Gasteiger partial charge in [-0.1, -0.05) is 60.2 Å². The number of piperazine rings is 1. The van der Waals surface area contributed by atoms with Gasteiger partial charge in [-0.25, -0.2) is 14.4 Å². The zero-order valence-corrected chi connectivity index (χ0v) is 36.3. The number of hydrogen-bond acceptors (Lipinski definition) is 8. The Labute approximate surface area is 364 Å². The highest BCUT2D eigenvalue weighted by Crippen LogP contribution is 2.25. The molecule has 6 aliphatic rings. The van der Waals surface area contributed by atoms with Crippen molar-refractivity contribution in [2.24, 2.45) is 5.92 Å². The number of urea groups is 3. The van der Waals surface area contributed by atoms with Gasteiger partial charge in [-0.15, -0.1) is 0 Å². The number of likely N-dealkylation sites (N-methyl/N-ethyl adjacent to an activating group) is 1. The van der Waals surface area contributed by atoms with Gasteiger partial charge in [-0.05, 0) is 99.9 Å². The summed E-state index contributed by atoms with van der Waals surface area (Å²) in [4.78, 5) is 48.5. The number of aryl methyl sites for hydroxylation is 1. The van der Waals surface area contributed by atoms with Crippen molar-refractivity contribution in [2.45, 2.75) is 57.5 Å². The summed E-state index contributed by atoms with van der Waals surface area (Å²) in [6, 6.07) is 22.7. The molecule has 5 aliphatic heterocycles. The predicted molar refractivity (Wildman–Crippen MR) is 239 cm³/mol. The maximum absolute atomic E-state index is 12.1. The average molecular weight is 864 g/mol. The standard InChI is InChI=1S/C16H22ClN3O.C14H19ClN4O.C14H19N3O2/c17-13-6-8-14(9-7-13)20-11-15(19-16(20)21)18-10-12-4-2-1-3-5-12;1-17-6-8-18(9-7-17)13-10-19(14(20)16-13)12-4-2-11(15)3-5-12;1-11-2-4-12(5-3-11)17-10-13(15-14(17)18)16-6-8-19-9-7-16/h6-9,12,15,18H,1-5,10-11H2,(H,19,21);2-5,13H,6-10H2,1H3,(H,16,20);2-5,13H,6-10H2,1H3,(H,15,18). The normalized spacial score (nSPS) is 24.3. The molecule has 0 spiro atoms. The van der Waals surface area contributed by atoms with Crippen molar-refractivity contribution < 1.29 is 19.1 Å². The molecule has 3 aromatic carbocycles. The Morgan fingerprint density at radius 1 is 0.600 bits per heavy atom. The van der Waals surface area contributed by atoms with Crippen molar-refractivity contribution in [2.75, 3.05) is 100 Å². The summed E-state index contributed by atoms with van der Waals surface area (Å²) in [7, 11) is 2.13. The van der Waals surface area contributed by atoms with E-state index in [1.807, 2.05) is 79.7 Å². The molecule has 6 fully saturated rings. The molecule has 0 radical (unpaired) electrons. The fourth-order valence-electron chi connectivity index (χ4n) is 8.47. The number of anilines is 3. The molecule has 3 atom stereocenters. The van der Waals surface area contributed by atoms with Crippen LogP contribution in [0, 0.1) is 12.8 Å². The lowest BCUT2D eigenvalue weighted by atomic mass is 9.89. The lowest BCUT2D eigenvalue weighted by Gasteiger charge is -2.35. The molecule has 1 saturated carbocycles. The van der Waals surface area contributed by atoms with Crippen molar-refractivity contribution in [1.29, 1.82) is 0 Å². The fourth-order valence-corrected chi connectivity index (χ4v) is 8.72. The van der Waals surface area contributed by atoms with Gasteiger partial charge in [-0.3, -0.25) is 29.8 Å². The smallest absolute Gasteiger partial charge is 0.323 e. The first-order valence-corrected chi connectivity index (χ1v) is 22.1. The maximum atomic E-state index is 12.1. The van der Waals surface area contributed by atoms with Crippen LogP contribution < -0.4 is 36.0 Å². The summed E-state index contributed by atoms with van der Waals surface area (Å²) >= 11 is 11.8. The van der Waals surface area contributed by atoms with Crippen LogP contribution in [0.15, 0.2) is 72.8 Å². The Morgan fingerprint density at radius 2 is 1.05 bits per heavy atom. The second kappa shape index (κ2) is 21.1. The van der Waals surface area contributed by atoms with E-state index in [4.69, 9.17) is 27.9 Å². The second-order valence-electron chi connectivity index (χ2n) is 16.5. The first-order valence-electron chi connectivity index (χ1n) is 21.4. The number of hydrogen-bond donors (Lipinski definition) is 4. The number of carbonyl (C=O) groups is 3. The van der Waals surface area contributed by atoms with Gasteiger partial charge in [0.2, 0.25) is 0 Å². The monoisotopic (exact) mass is 862 g/mol. The summed E-state index contributed by atoms with van der Waals surface area (Å²) in [6.07, 6.45) is 6.93. The van der Waals surface area contributed by atoms with Crippen molar-refractivity contribution in [3.63, 3.8) is 0 Å². The van der Waals surface area contributed by atoms with Crippen molar-refractivity contribution >= 4 is 58.4 Å². The van der Waals surface area contributed by atoms with Gasteiger partial charge < -0.3 is 25.6 Å². The number of rotatable bonds is 8. The molecule has 9 rings (SSSR count). The quantitative estimate of drug-likeness (QED) is 0.218. The topological polar surface area (TPSA) is 128 Å². The first-order chi connectivity index (χ1) is 29.1. The van der Waals surface area contributed by atoms with Crippen LogP contribution in [0.25, 0.3) is 0 Å². The highest BCUT2D eigenvalue weighted by molar-refractivity contribution is 6.31. The van der Waals surface area contributed by atoms with Gasteiger partial charge in [-0.2, -0.15) is 0 Å². The zero-order chi connectivity index (χ0) is 42.0. The molecule has 324 valence electrons. The van der Waals surface area contributed by atoms with Crippen molar-refractivity contribution in [3.8, 4) is 0 Å². The van der Waals surface area contributed by atoms with Crippen LogP contribution in [0.1, 0.15) is 37.7 Å². The average Bonchev–Trinajstić information content (AvgIpc) is 3.98. The molecule has 0 bridgehead atoms. The minimum Gasteiger partial charge on any atom is -0.379 e. The van der Waals surface area contributed by atoms with Crippen LogP contribution >= 0.6 is 23.2 Å². The zero-order valence-electron chi connectivity index (χ0n) is 34.8. The lowest BCUT2D eigenvalue weighted by molar-refractivity contribution is 0.0172. The highest BCUT2D eigenvalue weighted by Gasteiger charge is 2.36. The minimum absolute atomic E-state index is 0.0136. The summed E-state index contributed by atoms with van der Waals surface area (Å²) in [6.45, 7) is 12.4. The van der Waals surface area contributed by atoms with Crippen LogP contribution in [0.5, 0.6) is 0 Å². The largest absolute Gasteiger partial charge is 0.379 e. The molecule has 3 unspecified atom stereocenters. The van der Waals surface area contributed by atoms with Crippen LogP contribution in [-0.2, 0) is 4.74 Å². The van der Waals surface area contributed by atoms with Gasteiger partial charge in [0, 0.05) is 66.4 Å². The maximum Gasteiger partial charge on any atom is 0.323 e. The molecule has 5 saturated heterocycles. The minimum atomic E-state index is -0.0431. The van der Waals surface area contributed by atoms with Crippen molar-refractivity contribution in [3.05, 3.63) is 88.4 Å². The van der Waals surface area contributed by atoms with Crippen LogP contribution in [0.2, 0.25) is 10.0 Å². The van der Waals surface area contributed by atoms with Crippen molar-refractivity contribution in [1.82, 2.24) is 36.0 Å². The third-order valence-corrected chi connectivity index (χ3v) is 12.7. The number of ether oxygens (including phenoxy) is 1. The number of nitrogens with zero attached hydrogens (tertiary/aromatic N) is 6. The molecule has 60 heavy (non-hydrogen) atoms. The molecule has 16 heteroatoms. The van der Waals surface area contributed by atoms with E-state index < -0.39 is 0 Å². The molecule has 0 aromatic heterocycles. The molecule has 3 aromatic rings. The fraction of sp³-hybridized carbons (Fsp3) is 0.523. The second-order valence-corrected chi connectivity index (χ2v) is 17.3. The predicted octanol–water partition coefficient (Wildman–Crippen LogP) is 5.99. The number of morpholine rings is 1. The summed E-state index contributed by atoms with van der Waals surface area (Å²) in [5.41, 5.74) is 3.94. The Balaban J connectivity index is 0.000000136. The van der Waals surface area contributed by atoms with E-state index in [0.717, 1.165) is 82.0 Å². The van der Waals surface area contributed by atoms with E-state index in [-0.39, 0.29) is 36.6 Å². The van der Waals surface area contributed by atoms with E-state index in [1.54, 1.807) is 14.7 Å². The Morgan fingerprint density at radius 3 is 1.57 bits per heavy atom. The molecular formula is C44H60Cl2N10O4. The van der Waals surface area contributed by atoms with E-state index in [2.05, 4.69) is 43.0 Å². The van der Waals surface area contributed by atoms with Crippen LogP contribution in [-0.4, -0.2) is 137 Å². The number of nitrogens with one attached hydrogen (secondary N) is 4. The molecule has 1 aliphatic carbocycles. The number of amides is 6. The Hall–Kier alpha value is -4.15. The number of benzene rings is 3. The molecule has 5 heterocycles. The lowest BCUT2D eigenvalue weighted by Crippen LogP contribution is -2.53. The van der Waals surface area contributed by atoms with Gasteiger partial charge in [0.05, 0.1) is 39.0 Å². The summed E-state index contributed by atoms with van der Waals surface area (Å²) < 4.78 is 5.34. The number of halogens is 2. The van der Waals surface area contributed by atoms with Gasteiger partial charge in [0.1, 0.15) is 12.3 Å². The molecule has 14 nitrogen and oxygen atoms in total. The molecule has 6 amide bonds. The third-order valence-electron chi connectivity index (χ3n) is 12.2. The van der Waals surface area contributed by atoms with E-state index >= 15 is 0 Å². The SMILES string of the molecule is CN1CCN(C2CN(c3ccc(Cl)cc3)C(=O)N2)CC1.Cc1ccc(N2CC(N3CCOCC3)NC2=O)cc1.O=C1NC(NCC2CCCCC2)CN1c1ccc(Cl)cc1. The van der Waals surface area contributed by atoms with Crippen LogP contribution in [0.4, 0.5) is 31.4 Å².